The van der Waals surface area contributed by atoms with Crippen molar-refractivity contribution in [2.24, 2.45) is 5.14 Å². The van der Waals surface area contributed by atoms with Gasteiger partial charge in [0.05, 0.1) is 9.80 Å². The van der Waals surface area contributed by atoms with Gasteiger partial charge < -0.3 is 10.6 Å². The number of anilines is 2. The van der Waals surface area contributed by atoms with E-state index in [1.165, 1.54) is 24.3 Å². The molecule has 0 bridgehead atoms. The Kier molecular flexibility index (Phi) is 6.99. The second-order valence-corrected chi connectivity index (χ2v) is 9.37. The topological polar surface area (TPSA) is 156 Å². The zero-order chi connectivity index (χ0) is 23.5. The molecule has 1 aliphatic heterocycles. The maximum Gasteiger partial charge on any atom is 0.294 e. The van der Waals surface area contributed by atoms with Crippen LogP contribution in [-0.4, -0.2) is 42.8 Å². The van der Waals surface area contributed by atoms with E-state index in [1.807, 2.05) is 0 Å². The molecule has 0 saturated carbocycles. The molecule has 2 aromatic rings. The minimum absolute atomic E-state index is 0.133. The van der Waals surface area contributed by atoms with Crippen molar-refractivity contribution >= 4 is 67.7 Å². The van der Waals surface area contributed by atoms with Gasteiger partial charge in [0.15, 0.2) is 0 Å². The van der Waals surface area contributed by atoms with Crippen LogP contribution in [0.5, 0.6) is 0 Å². The van der Waals surface area contributed by atoms with Gasteiger partial charge in [0.1, 0.15) is 6.54 Å². The van der Waals surface area contributed by atoms with Gasteiger partial charge in [0.25, 0.3) is 11.1 Å². The maximum absolute atomic E-state index is 12.4. The van der Waals surface area contributed by atoms with E-state index < -0.39 is 39.5 Å². The first-order chi connectivity index (χ1) is 15.0. The molecule has 32 heavy (non-hydrogen) atoms. The fraction of sp³-hybridized carbons (Fsp3) is 0.0526. The number of hydrogen-bond donors (Lipinski definition) is 3. The zero-order valence-corrected chi connectivity index (χ0v) is 18.5. The van der Waals surface area contributed by atoms with Crippen molar-refractivity contribution in [3.05, 3.63) is 64.5 Å². The first-order valence-electron chi connectivity index (χ1n) is 8.77. The van der Waals surface area contributed by atoms with Gasteiger partial charge in [-0.15, -0.1) is 0 Å². The molecule has 1 fully saturated rings. The molecule has 13 heteroatoms. The highest BCUT2D eigenvalue weighted by Gasteiger charge is 2.36. The molecule has 2 aromatic carbocycles. The van der Waals surface area contributed by atoms with E-state index in [1.54, 1.807) is 24.3 Å². The van der Waals surface area contributed by atoms with Crippen molar-refractivity contribution in [2.75, 3.05) is 17.2 Å². The summed E-state index contributed by atoms with van der Waals surface area (Å²) in [4.78, 5) is 49.4. The number of nitrogens with one attached hydrogen (secondary N) is 2. The summed E-state index contributed by atoms with van der Waals surface area (Å²) in [6.45, 7) is -0.586. The highest BCUT2D eigenvalue weighted by Crippen LogP contribution is 2.30. The van der Waals surface area contributed by atoms with Crippen molar-refractivity contribution in [3.8, 4) is 0 Å². The van der Waals surface area contributed by atoms with Crippen molar-refractivity contribution in [1.82, 2.24) is 4.90 Å². The molecule has 10 nitrogen and oxygen atoms in total. The summed E-state index contributed by atoms with van der Waals surface area (Å²) in [6.07, 6.45) is 0.976. The summed E-state index contributed by atoms with van der Waals surface area (Å²) in [5.74, 6) is -2.11. The van der Waals surface area contributed by atoms with Crippen molar-refractivity contribution in [2.45, 2.75) is 4.90 Å². The van der Waals surface area contributed by atoms with Crippen LogP contribution in [0.15, 0.2) is 64.4 Å². The molecule has 1 saturated heterocycles. The number of thioether (sulfide) groups is 1. The lowest BCUT2D eigenvalue weighted by molar-refractivity contribution is -0.127. The number of nitrogens with zero attached hydrogens (tertiary/aromatic N) is 1. The van der Waals surface area contributed by atoms with E-state index in [-0.39, 0.29) is 15.5 Å². The average Bonchev–Trinajstić information content (AvgIpc) is 2.96. The lowest BCUT2D eigenvalue weighted by atomic mass is 10.3. The van der Waals surface area contributed by atoms with Gasteiger partial charge in [-0.05, 0) is 60.3 Å². The first-order valence-corrected chi connectivity index (χ1v) is 11.5. The van der Waals surface area contributed by atoms with E-state index in [0.717, 1.165) is 6.08 Å². The number of carbonyl (C=O) groups excluding carboxylic acids is 4. The lowest BCUT2D eigenvalue weighted by Crippen LogP contribution is -2.36. The summed E-state index contributed by atoms with van der Waals surface area (Å²) in [5, 5.41) is 9.76. The molecule has 4 amide bonds. The predicted molar refractivity (Wildman–Crippen MR) is 119 cm³/mol. The Labute approximate surface area is 191 Å². The largest absolute Gasteiger partial charge is 0.325 e. The molecule has 0 spiro atoms. The molecular formula is C19H15ClN4O6S2. The number of rotatable bonds is 6. The van der Waals surface area contributed by atoms with Crippen LogP contribution in [0.2, 0.25) is 5.02 Å². The monoisotopic (exact) mass is 494 g/mol. The summed E-state index contributed by atoms with van der Waals surface area (Å²) < 4.78 is 22.5. The molecule has 3 rings (SSSR count). The highest BCUT2D eigenvalue weighted by atomic mass is 35.5. The molecule has 4 N–H and O–H groups in total. The molecule has 0 radical (unpaired) electrons. The SMILES string of the molecule is NS(=O)(=O)c1ccc(NC(=O)CN2C(=O)S/C(=C\C(=O)Nc3ccc(Cl)cc3)C2=O)cc1. The van der Waals surface area contributed by atoms with E-state index >= 15 is 0 Å². The number of imide groups is 1. The predicted octanol–water partition coefficient (Wildman–Crippen LogP) is 2.14. The number of halogens is 1. The number of carbonyl (C=O) groups is 4. The minimum Gasteiger partial charge on any atom is -0.325 e. The van der Waals surface area contributed by atoms with Crippen molar-refractivity contribution in [3.63, 3.8) is 0 Å². The van der Waals surface area contributed by atoms with Gasteiger partial charge in [-0.3, -0.25) is 24.1 Å². The van der Waals surface area contributed by atoms with Crippen LogP contribution in [0.1, 0.15) is 0 Å². The Bertz CT molecular complexity index is 1230. The highest BCUT2D eigenvalue weighted by molar-refractivity contribution is 8.18. The Hall–Kier alpha value is -3.19. The van der Waals surface area contributed by atoms with Gasteiger partial charge in [-0.25, -0.2) is 13.6 Å². The van der Waals surface area contributed by atoms with Gasteiger partial charge in [0.2, 0.25) is 21.8 Å². The second kappa shape index (κ2) is 9.53. The fourth-order valence-electron chi connectivity index (χ4n) is 2.54. The Morgan fingerprint density at radius 1 is 1.00 bits per heavy atom. The molecular weight excluding hydrogens is 480 g/mol. The van der Waals surface area contributed by atoms with Crippen LogP contribution >= 0.6 is 23.4 Å². The summed E-state index contributed by atoms with van der Waals surface area (Å²) in [6, 6.07) is 11.3. The third kappa shape index (κ3) is 5.95. The summed E-state index contributed by atoms with van der Waals surface area (Å²) in [5.41, 5.74) is 0.690. The number of amides is 4. The first kappa shape index (κ1) is 23.5. The van der Waals surface area contributed by atoms with E-state index in [0.29, 0.717) is 27.4 Å². The fourth-order valence-corrected chi connectivity index (χ4v) is 3.99. The third-order valence-corrected chi connectivity index (χ3v) is 6.10. The Morgan fingerprint density at radius 3 is 2.16 bits per heavy atom. The second-order valence-electron chi connectivity index (χ2n) is 6.38. The number of primary sulfonamides is 1. The van der Waals surface area contributed by atoms with Gasteiger partial charge in [0, 0.05) is 22.5 Å². The smallest absolute Gasteiger partial charge is 0.294 e. The number of hydrogen-bond acceptors (Lipinski definition) is 7. The van der Waals surface area contributed by atoms with Gasteiger partial charge in [-0.1, -0.05) is 11.6 Å². The minimum atomic E-state index is -3.88. The zero-order valence-electron chi connectivity index (χ0n) is 16.1. The number of benzene rings is 2. The van der Waals surface area contributed by atoms with Crippen LogP contribution in [0.25, 0.3) is 0 Å². The Balaban J connectivity index is 1.61. The Morgan fingerprint density at radius 2 is 1.56 bits per heavy atom. The summed E-state index contributed by atoms with van der Waals surface area (Å²) in [7, 11) is -3.88. The molecule has 0 atom stereocenters. The molecule has 0 aliphatic carbocycles. The number of nitrogens with two attached hydrogens (primary N) is 1. The van der Waals surface area contributed by atoms with Gasteiger partial charge in [-0.2, -0.15) is 0 Å². The van der Waals surface area contributed by atoms with E-state index in [4.69, 9.17) is 16.7 Å². The average molecular weight is 495 g/mol. The van der Waals surface area contributed by atoms with E-state index in [9.17, 15) is 27.6 Å². The van der Waals surface area contributed by atoms with Crippen LogP contribution in [0.3, 0.4) is 0 Å². The van der Waals surface area contributed by atoms with Crippen LogP contribution in [0, 0.1) is 0 Å². The molecule has 1 aliphatic rings. The normalized spacial score (nSPS) is 15.2. The van der Waals surface area contributed by atoms with Crippen LogP contribution < -0.4 is 15.8 Å². The van der Waals surface area contributed by atoms with Crippen LogP contribution in [-0.2, 0) is 24.4 Å². The molecule has 0 unspecified atom stereocenters. The quantitative estimate of drug-likeness (QED) is 0.519. The van der Waals surface area contributed by atoms with Crippen LogP contribution in [0.4, 0.5) is 16.2 Å². The van der Waals surface area contributed by atoms with Crippen molar-refractivity contribution < 1.29 is 27.6 Å². The lowest BCUT2D eigenvalue weighted by Gasteiger charge is -2.12. The van der Waals surface area contributed by atoms with Gasteiger partial charge >= 0.3 is 0 Å². The summed E-state index contributed by atoms with van der Waals surface area (Å²) >= 11 is 6.31. The standard InChI is InChI=1S/C19H15ClN4O6S2/c20-11-1-3-12(4-2-11)22-16(25)9-15-18(27)24(19(28)31-15)10-17(26)23-13-5-7-14(8-6-13)32(21,29)30/h1-9H,10H2,(H,22,25)(H,23,26)(H2,21,29,30)/b15-9-. The van der Waals surface area contributed by atoms with E-state index in [2.05, 4.69) is 10.6 Å². The maximum atomic E-state index is 12.4. The van der Waals surface area contributed by atoms with Crippen molar-refractivity contribution in [1.29, 1.82) is 0 Å². The number of sulfonamides is 1. The molecule has 166 valence electrons. The molecule has 1 heterocycles. The molecule has 0 aromatic heterocycles. The third-order valence-electron chi connectivity index (χ3n) is 4.02.